The number of rotatable bonds is 16. The van der Waals surface area contributed by atoms with E-state index in [1.807, 2.05) is 0 Å². The summed E-state index contributed by atoms with van der Waals surface area (Å²) in [6.45, 7) is 3.55. The molecule has 5 heteroatoms. The summed E-state index contributed by atoms with van der Waals surface area (Å²) in [7, 11) is 0. The average molecular weight is 344 g/mol. The van der Waals surface area contributed by atoms with E-state index < -0.39 is 12.1 Å². The van der Waals surface area contributed by atoms with E-state index in [4.69, 9.17) is 5.11 Å². The van der Waals surface area contributed by atoms with Crippen LogP contribution >= 0.6 is 0 Å². The van der Waals surface area contributed by atoms with Gasteiger partial charge < -0.3 is 15.1 Å². The van der Waals surface area contributed by atoms with Crippen LogP contribution in [0.1, 0.15) is 90.9 Å². The quantitative estimate of drug-likeness (QED) is 0.416. The van der Waals surface area contributed by atoms with E-state index in [2.05, 4.69) is 6.92 Å². The van der Waals surface area contributed by atoms with Crippen molar-refractivity contribution in [2.75, 3.05) is 13.1 Å². The second-order valence-corrected chi connectivity index (χ2v) is 6.80. The van der Waals surface area contributed by atoms with E-state index >= 15 is 0 Å². The van der Waals surface area contributed by atoms with E-state index in [0.29, 0.717) is 6.42 Å². The largest absolute Gasteiger partial charge is 0.480 e. The fourth-order valence-electron chi connectivity index (χ4n) is 2.84. The SMILES string of the molecule is CCCCCCCCCCCCCC(=O)N(CC(=O)O)CC(C)O. The summed E-state index contributed by atoms with van der Waals surface area (Å²) in [4.78, 5) is 24.0. The van der Waals surface area contributed by atoms with E-state index in [9.17, 15) is 14.7 Å². The number of aliphatic hydroxyl groups excluding tert-OH is 1. The molecule has 0 radical (unpaired) electrons. The number of hydrogen-bond acceptors (Lipinski definition) is 3. The van der Waals surface area contributed by atoms with Crippen molar-refractivity contribution in [2.24, 2.45) is 0 Å². The van der Waals surface area contributed by atoms with E-state index in [1.54, 1.807) is 6.92 Å². The highest BCUT2D eigenvalue weighted by Gasteiger charge is 2.17. The minimum Gasteiger partial charge on any atom is -0.480 e. The lowest BCUT2D eigenvalue weighted by atomic mass is 10.1. The Labute approximate surface area is 147 Å². The van der Waals surface area contributed by atoms with Crippen LogP contribution in [0.15, 0.2) is 0 Å². The van der Waals surface area contributed by atoms with Crippen molar-refractivity contribution in [1.29, 1.82) is 0 Å². The lowest BCUT2D eigenvalue weighted by Crippen LogP contribution is -2.40. The van der Waals surface area contributed by atoms with Crippen molar-refractivity contribution in [3.8, 4) is 0 Å². The first-order chi connectivity index (χ1) is 11.5. The summed E-state index contributed by atoms with van der Waals surface area (Å²) in [6.07, 6.45) is 13.1. The van der Waals surface area contributed by atoms with Gasteiger partial charge in [0.05, 0.1) is 6.10 Å². The molecule has 2 N–H and O–H groups in total. The summed E-state index contributed by atoms with van der Waals surface area (Å²) in [5, 5.41) is 18.2. The number of unbranched alkanes of at least 4 members (excludes halogenated alkanes) is 10. The lowest BCUT2D eigenvalue weighted by molar-refractivity contribution is -0.145. The molecule has 0 rings (SSSR count). The van der Waals surface area contributed by atoms with Crippen LogP contribution in [0.25, 0.3) is 0 Å². The van der Waals surface area contributed by atoms with Gasteiger partial charge in [-0.15, -0.1) is 0 Å². The normalized spacial score (nSPS) is 12.1. The fourth-order valence-corrected chi connectivity index (χ4v) is 2.84. The zero-order valence-corrected chi connectivity index (χ0v) is 15.6. The summed E-state index contributed by atoms with van der Waals surface area (Å²) in [5.74, 6) is -1.21. The van der Waals surface area contributed by atoms with Gasteiger partial charge in [-0.05, 0) is 13.3 Å². The highest BCUT2D eigenvalue weighted by atomic mass is 16.4. The topological polar surface area (TPSA) is 77.8 Å². The molecule has 5 nitrogen and oxygen atoms in total. The van der Waals surface area contributed by atoms with Crippen molar-refractivity contribution < 1.29 is 19.8 Å². The van der Waals surface area contributed by atoms with Crippen molar-refractivity contribution in [3.63, 3.8) is 0 Å². The molecule has 0 aromatic carbocycles. The Balaban J connectivity index is 3.63. The lowest BCUT2D eigenvalue weighted by Gasteiger charge is -2.22. The van der Waals surface area contributed by atoms with Crippen molar-refractivity contribution in [3.05, 3.63) is 0 Å². The number of hydrogen-bond donors (Lipinski definition) is 2. The maximum absolute atomic E-state index is 12.0. The molecule has 1 atom stereocenters. The first-order valence-corrected chi connectivity index (χ1v) is 9.65. The molecular weight excluding hydrogens is 306 g/mol. The number of carbonyl (C=O) groups excluding carboxylic acids is 1. The smallest absolute Gasteiger partial charge is 0.323 e. The molecule has 0 fully saturated rings. The van der Waals surface area contributed by atoms with E-state index in [-0.39, 0.29) is 19.0 Å². The molecular formula is C19H37NO4. The number of carboxylic acids is 1. The summed E-state index contributed by atoms with van der Waals surface area (Å²) in [6, 6.07) is 0. The van der Waals surface area contributed by atoms with Crippen LogP contribution in [0.5, 0.6) is 0 Å². The molecule has 1 unspecified atom stereocenters. The Kier molecular flexibility index (Phi) is 14.7. The second kappa shape index (κ2) is 15.4. The van der Waals surface area contributed by atoms with Gasteiger partial charge in [0.15, 0.2) is 0 Å². The molecule has 0 spiro atoms. The van der Waals surface area contributed by atoms with Crippen LogP contribution in [0.4, 0.5) is 0 Å². The monoisotopic (exact) mass is 343 g/mol. The molecule has 0 aliphatic carbocycles. The Hall–Kier alpha value is -1.10. The van der Waals surface area contributed by atoms with E-state index in [1.165, 1.54) is 56.3 Å². The third-order valence-electron chi connectivity index (χ3n) is 4.16. The summed E-state index contributed by atoms with van der Waals surface area (Å²) < 4.78 is 0. The van der Waals surface area contributed by atoms with Crippen LogP contribution in [-0.4, -0.2) is 46.2 Å². The van der Waals surface area contributed by atoms with Gasteiger partial charge in [-0.25, -0.2) is 0 Å². The van der Waals surface area contributed by atoms with Gasteiger partial charge in [-0.2, -0.15) is 0 Å². The zero-order chi connectivity index (χ0) is 18.2. The van der Waals surface area contributed by atoms with Gasteiger partial charge in [-0.1, -0.05) is 71.1 Å². The molecule has 0 aromatic heterocycles. The van der Waals surface area contributed by atoms with Crippen LogP contribution in [0.2, 0.25) is 0 Å². The number of carboxylic acid groups (broad SMARTS) is 1. The average Bonchev–Trinajstić information content (AvgIpc) is 2.50. The van der Waals surface area contributed by atoms with Gasteiger partial charge in [-0.3, -0.25) is 9.59 Å². The first-order valence-electron chi connectivity index (χ1n) is 9.65. The summed E-state index contributed by atoms with van der Waals surface area (Å²) in [5.41, 5.74) is 0. The first kappa shape index (κ1) is 22.9. The molecule has 0 aliphatic heterocycles. The molecule has 24 heavy (non-hydrogen) atoms. The highest BCUT2D eigenvalue weighted by molar-refractivity contribution is 5.81. The van der Waals surface area contributed by atoms with Gasteiger partial charge in [0.1, 0.15) is 6.54 Å². The molecule has 1 amide bonds. The standard InChI is InChI=1S/C19H37NO4/c1-3-4-5-6-7-8-9-10-11-12-13-14-18(22)20(15-17(2)21)16-19(23)24/h17,21H,3-16H2,1-2H3,(H,23,24). The number of carbonyl (C=O) groups is 2. The molecule has 142 valence electrons. The molecule has 0 saturated carbocycles. The highest BCUT2D eigenvalue weighted by Crippen LogP contribution is 2.12. The number of nitrogens with zero attached hydrogens (tertiary/aromatic N) is 1. The predicted octanol–water partition coefficient (Wildman–Crippen LogP) is 3.98. The Morgan fingerprint density at radius 2 is 1.33 bits per heavy atom. The molecule has 0 heterocycles. The number of aliphatic carboxylic acids is 1. The molecule has 0 bridgehead atoms. The van der Waals surface area contributed by atoms with Crippen LogP contribution in [0.3, 0.4) is 0 Å². The predicted molar refractivity (Wildman–Crippen MR) is 97.0 cm³/mol. The van der Waals surface area contributed by atoms with Crippen molar-refractivity contribution >= 4 is 11.9 Å². The summed E-state index contributed by atoms with van der Waals surface area (Å²) >= 11 is 0. The Morgan fingerprint density at radius 1 is 0.875 bits per heavy atom. The minimum absolute atomic E-state index is 0.0865. The Morgan fingerprint density at radius 3 is 1.75 bits per heavy atom. The number of aliphatic hydroxyl groups is 1. The van der Waals surface area contributed by atoms with Gasteiger partial charge >= 0.3 is 5.97 Å². The number of amides is 1. The van der Waals surface area contributed by atoms with Crippen molar-refractivity contribution in [2.45, 2.75) is 97.0 Å². The van der Waals surface area contributed by atoms with E-state index in [0.717, 1.165) is 19.3 Å². The maximum atomic E-state index is 12.0. The minimum atomic E-state index is -1.04. The fraction of sp³-hybridized carbons (Fsp3) is 0.895. The Bertz CT molecular complexity index is 331. The molecule has 0 saturated heterocycles. The maximum Gasteiger partial charge on any atom is 0.323 e. The van der Waals surface area contributed by atoms with Gasteiger partial charge in [0.25, 0.3) is 0 Å². The van der Waals surface area contributed by atoms with Gasteiger partial charge in [0.2, 0.25) is 5.91 Å². The van der Waals surface area contributed by atoms with Crippen LogP contribution in [-0.2, 0) is 9.59 Å². The third-order valence-corrected chi connectivity index (χ3v) is 4.16. The van der Waals surface area contributed by atoms with Gasteiger partial charge in [0, 0.05) is 13.0 Å². The van der Waals surface area contributed by atoms with Crippen LogP contribution < -0.4 is 0 Å². The zero-order valence-electron chi connectivity index (χ0n) is 15.6. The third kappa shape index (κ3) is 14.5. The van der Waals surface area contributed by atoms with Crippen LogP contribution in [0, 0.1) is 0 Å². The molecule has 0 aromatic rings. The second-order valence-electron chi connectivity index (χ2n) is 6.80. The van der Waals surface area contributed by atoms with Crippen molar-refractivity contribution in [1.82, 2.24) is 4.90 Å². The molecule has 0 aliphatic rings.